The highest BCUT2D eigenvalue weighted by Gasteiger charge is 2.22. The smallest absolute Gasteiger partial charge is 0.261 e. The van der Waals surface area contributed by atoms with Crippen molar-refractivity contribution in [2.75, 3.05) is 67.7 Å². The molecule has 5 aromatic carbocycles. The fourth-order valence-electron chi connectivity index (χ4n) is 6.27. The predicted octanol–water partition coefficient (Wildman–Crippen LogP) is 9.32. The molecule has 9 heteroatoms. The SMILES string of the molecule is CCOc1cccc(-c2ccc(C(C)N3CCN(c4ccc(C(=O)NSc5ccc(NCCSc6ccccc6)c(NC)c5)cc4)CC3)cc2)c1. The van der Waals surface area contributed by atoms with Crippen molar-refractivity contribution in [1.29, 1.82) is 0 Å². The van der Waals surface area contributed by atoms with Gasteiger partial charge in [0.1, 0.15) is 5.75 Å². The zero-order chi connectivity index (χ0) is 35.4. The van der Waals surface area contributed by atoms with Crippen LogP contribution >= 0.6 is 23.7 Å². The Morgan fingerprint density at radius 1 is 0.784 bits per heavy atom. The van der Waals surface area contributed by atoms with Gasteiger partial charge in [-0.1, -0.05) is 54.6 Å². The minimum atomic E-state index is -0.107. The van der Waals surface area contributed by atoms with Gasteiger partial charge in [0.05, 0.1) is 18.0 Å². The molecule has 264 valence electrons. The number of rotatable bonds is 15. The van der Waals surface area contributed by atoms with Crippen LogP contribution in [0.15, 0.2) is 131 Å². The zero-order valence-electron chi connectivity index (χ0n) is 29.6. The average molecular weight is 718 g/mol. The van der Waals surface area contributed by atoms with Gasteiger partial charge in [-0.3, -0.25) is 14.4 Å². The van der Waals surface area contributed by atoms with E-state index in [0.717, 1.165) is 66.2 Å². The molecule has 7 nitrogen and oxygen atoms in total. The fourth-order valence-corrected chi connectivity index (χ4v) is 7.70. The minimum Gasteiger partial charge on any atom is -0.494 e. The molecule has 1 fully saturated rings. The molecule has 0 aromatic heterocycles. The number of carbonyl (C=O) groups is 1. The van der Waals surface area contributed by atoms with Crippen LogP contribution in [-0.2, 0) is 0 Å². The van der Waals surface area contributed by atoms with E-state index in [9.17, 15) is 4.79 Å². The maximum Gasteiger partial charge on any atom is 0.261 e. The highest BCUT2D eigenvalue weighted by atomic mass is 32.2. The van der Waals surface area contributed by atoms with Crippen LogP contribution in [0.4, 0.5) is 17.1 Å². The maximum atomic E-state index is 13.0. The van der Waals surface area contributed by atoms with Gasteiger partial charge in [-0.05, 0) is 109 Å². The molecule has 1 heterocycles. The van der Waals surface area contributed by atoms with E-state index in [0.29, 0.717) is 18.2 Å². The Labute approximate surface area is 311 Å². The molecule has 0 radical (unpaired) electrons. The lowest BCUT2D eigenvalue weighted by molar-refractivity contribution is 0.0984. The largest absolute Gasteiger partial charge is 0.494 e. The van der Waals surface area contributed by atoms with Gasteiger partial charge >= 0.3 is 0 Å². The summed E-state index contributed by atoms with van der Waals surface area (Å²) in [5.41, 5.74) is 7.52. The Hall–Kier alpha value is -4.57. The summed E-state index contributed by atoms with van der Waals surface area (Å²) in [7, 11) is 1.91. The first-order valence-corrected chi connectivity index (χ1v) is 19.4. The predicted molar refractivity (Wildman–Crippen MR) is 217 cm³/mol. The highest BCUT2D eigenvalue weighted by Crippen LogP contribution is 2.30. The van der Waals surface area contributed by atoms with Crippen molar-refractivity contribution in [3.05, 3.63) is 132 Å². The standard InChI is InChI=1S/C42H47N5O2S2/c1-4-49-37-10-8-9-35(29-37)33-15-13-32(14-16-33)31(2)46-24-26-47(27-25-46)36-19-17-34(18-20-36)42(48)45-51-39-21-22-40(41(30-39)43-3)44-23-28-50-38-11-6-5-7-12-38/h5-22,29-31,43-44H,4,23-28H2,1-3H3,(H,45,48). The summed E-state index contributed by atoms with van der Waals surface area (Å²) in [6.45, 7) is 9.66. The molecule has 0 bridgehead atoms. The molecule has 1 unspecified atom stereocenters. The third-order valence-electron chi connectivity index (χ3n) is 9.18. The Balaban J connectivity index is 0.950. The Morgan fingerprint density at radius 2 is 1.55 bits per heavy atom. The average Bonchev–Trinajstić information content (AvgIpc) is 3.19. The van der Waals surface area contributed by atoms with E-state index in [-0.39, 0.29) is 5.91 Å². The lowest BCUT2D eigenvalue weighted by atomic mass is 10.00. The number of hydrogen-bond acceptors (Lipinski definition) is 8. The van der Waals surface area contributed by atoms with E-state index >= 15 is 0 Å². The molecular weight excluding hydrogens is 671 g/mol. The van der Waals surface area contributed by atoms with Gasteiger partial charge in [-0.2, -0.15) is 0 Å². The second kappa shape index (κ2) is 18.1. The number of piperazine rings is 1. The number of hydrogen-bond donors (Lipinski definition) is 3. The molecule has 51 heavy (non-hydrogen) atoms. The van der Waals surface area contributed by atoms with Crippen LogP contribution in [0.3, 0.4) is 0 Å². The minimum absolute atomic E-state index is 0.107. The van der Waals surface area contributed by atoms with Crippen LogP contribution in [0, 0.1) is 0 Å². The van der Waals surface area contributed by atoms with Crippen molar-refractivity contribution in [2.24, 2.45) is 0 Å². The Morgan fingerprint density at radius 3 is 2.27 bits per heavy atom. The number of carbonyl (C=O) groups excluding carboxylic acids is 1. The van der Waals surface area contributed by atoms with E-state index in [1.807, 2.05) is 62.1 Å². The van der Waals surface area contributed by atoms with Crippen LogP contribution in [-0.4, -0.2) is 62.9 Å². The van der Waals surface area contributed by atoms with Crippen LogP contribution in [0.1, 0.15) is 35.8 Å². The molecule has 6 rings (SSSR count). The quantitative estimate of drug-likeness (QED) is 0.0563. The number of thioether (sulfide) groups is 1. The van der Waals surface area contributed by atoms with Gasteiger partial charge in [0.15, 0.2) is 0 Å². The molecule has 5 aromatic rings. The molecule has 1 amide bonds. The number of benzene rings is 5. The summed E-state index contributed by atoms with van der Waals surface area (Å²) in [4.78, 5) is 20.2. The van der Waals surface area contributed by atoms with E-state index in [4.69, 9.17) is 4.74 Å². The molecule has 1 saturated heterocycles. The number of nitrogens with one attached hydrogen (secondary N) is 3. The van der Waals surface area contributed by atoms with Gasteiger partial charge in [-0.15, -0.1) is 11.8 Å². The van der Waals surface area contributed by atoms with Crippen LogP contribution in [0.2, 0.25) is 0 Å². The lowest BCUT2D eigenvalue weighted by Gasteiger charge is -2.39. The number of ether oxygens (including phenoxy) is 1. The van der Waals surface area contributed by atoms with Crippen molar-refractivity contribution in [3.63, 3.8) is 0 Å². The third-order valence-corrected chi connectivity index (χ3v) is 11.0. The summed E-state index contributed by atoms with van der Waals surface area (Å²) in [6, 6.07) is 42.1. The van der Waals surface area contributed by atoms with E-state index in [1.54, 1.807) is 0 Å². The molecule has 0 saturated carbocycles. The monoisotopic (exact) mass is 717 g/mol. The zero-order valence-corrected chi connectivity index (χ0v) is 31.2. The summed E-state index contributed by atoms with van der Waals surface area (Å²) in [6.07, 6.45) is 0. The van der Waals surface area contributed by atoms with E-state index in [1.165, 1.54) is 33.5 Å². The molecule has 1 aliphatic rings. The first-order valence-electron chi connectivity index (χ1n) is 17.6. The second-order valence-electron chi connectivity index (χ2n) is 12.4. The van der Waals surface area contributed by atoms with Gasteiger partial charge in [-0.25, -0.2) is 0 Å². The highest BCUT2D eigenvalue weighted by molar-refractivity contribution is 7.99. The first kappa shape index (κ1) is 36.2. The maximum absolute atomic E-state index is 13.0. The summed E-state index contributed by atoms with van der Waals surface area (Å²) in [5, 5.41) is 6.80. The van der Waals surface area contributed by atoms with Crippen LogP contribution < -0.4 is 25.0 Å². The van der Waals surface area contributed by atoms with Crippen LogP contribution in [0.25, 0.3) is 11.1 Å². The molecule has 0 spiro atoms. The van der Waals surface area contributed by atoms with E-state index < -0.39 is 0 Å². The Bertz CT molecular complexity index is 1850. The van der Waals surface area contributed by atoms with Crippen molar-refractivity contribution >= 4 is 46.7 Å². The Kier molecular flexibility index (Phi) is 12.8. The second-order valence-corrected chi connectivity index (χ2v) is 14.5. The third kappa shape index (κ3) is 9.82. The summed E-state index contributed by atoms with van der Waals surface area (Å²) in [5.74, 6) is 1.76. The fraction of sp³-hybridized carbons (Fsp3) is 0.262. The molecule has 1 aliphatic heterocycles. The van der Waals surface area contributed by atoms with Crippen LogP contribution in [0.5, 0.6) is 5.75 Å². The number of amides is 1. The first-order chi connectivity index (χ1) is 25.0. The lowest BCUT2D eigenvalue weighted by Crippen LogP contribution is -2.47. The number of nitrogens with zero attached hydrogens (tertiary/aromatic N) is 2. The van der Waals surface area contributed by atoms with Crippen molar-refractivity contribution < 1.29 is 9.53 Å². The molecule has 3 N–H and O–H groups in total. The van der Waals surface area contributed by atoms with Crippen molar-refractivity contribution in [3.8, 4) is 16.9 Å². The number of anilines is 3. The van der Waals surface area contributed by atoms with Gasteiger partial charge in [0.2, 0.25) is 0 Å². The normalized spacial score (nSPS) is 13.7. The van der Waals surface area contributed by atoms with Crippen molar-refractivity contribution in [2.45, 2.75) is 29.7 Å². The summed E-state index contributed by atoms with van der Waals surface area (Å²) >= 11 is 3.16. The van der Waals surface area contributed by atoms with Crippen molar-refractivity contribution in [1.82, 2.24) is 9.62 Å². The van der Waals surface area contributed by atoms with E-state index in [2.05, 4.69) is 117 Å². The summed E-state index contributed by atoms with van der Waals surface area (Å²) < 4.78 is 8.70. The van der Waals surface area contributed by atoms with Gasteiger partial charge in [0, 0.05) is 72.6 Å². The topological polar surface area (TPSA) is 68.9 Å². The van der Waals surface area contributed by atoms with Gasteiger partial charge < -0.3 is 20.3 Å². The van der Waals surface area contributed by atoms with Gasteiger partial charge in [0.25, 0.3) is 5.91 Å². The molecule has 1 atom stereocenters. The molecule has 0 aliphatic carbocycles. The molecular formula is C42H47N5O2S2.